The molecular weight excluding hydrogens is 236 g/mol. The highest BCUT2D eigenvalue weighted by molar-refractivity contribution is 5.67. The maximum atomic E-state index is 6.07. The van der Waals surface area contributed by atoms with Crippen LogP contribution in [-0.2, 0) is 6.54 Å². The van der Waals surface area contributed by atoms with E-state index >= 15 is 0 Å². The summed E-state index contributed by atoms with van der Waals surface area (Å²) in [4.78, 5) is 6.59. The van der Waals surface area contributed by atoms with E-state index in [-0.39, 0.29) is 0 Å². The zero-order chi connectivity index (χ0) is 13.7. The van der Waals surface area contributed by atoms with Crippen LogP contribution in [0.2, 0.25) is 0 Å². The van der Waals surface area contributed by atoms with Crippen molar-refractivity contribution in [2.24, 2.45) is 0 Å². The average molecular weight is 258 g/mol. The van der Waals surface area contributed by atoms with Crippen molar-refractivity contribution in [3.8, 4) is 0 Å². The van der Waals surface area contributed by atoms with Crippen molar-refractivity contribution in [1.29, 1.82) is 0 Å². The van der Waals surface area contributed by atoms with E-state index in [0.717, 1.165) is 43.3 Å². The summed E-state index contributed by atoms with van der Waals surface area (Å²) in [6.07, 6.45) is 4.97. The summed E-state index contributed by atoms with van der Waals surface area (Å²) in [5, 5.41) is 0. The number of aryl methyl sites for hydroxylation is 1. The van der Waals surface area contributed by atoms with Gasteiger partial charge in [0.1, 0.15) is 5.82 Å². The molecule has 0 spiro atoms. The van der Waals surface area contributed by atoms with E-state index in [1.807, 2.05) is 37.5 Å². The van der Waals surface area contributed by atoms with Crippen LogP contribution in [0.25, 0.3) is 0 Å². The minimum absolute atomic E-state index is 0.846. The Balaban J connectivity index is 2.09. The van der Waals surface area contributed by atoms with E-state index in [1.165, 1.54) is 0 Å². The van der Waals surface area contributed by atoms with E-state index < -0.39 is 0 Å². The standard InChI is InChI=1S/C15H22N4/c1-3-9-19(15-7-5-4-6-14(15)16)12-11-18-10-8-17-13(18)2/h4-8,10H,3,9,11-12,16H2,1-2H3. The van der Waals surface area contributed by atoms with Crippen molar-refractivity contribution >= 4 is 11.4 Å². The molecule has 0 saturated carbocycles. The largest absolute Gasteiger partial charge is 0.397 e. The van der Waals surface area contributed by atoms with Gasteiger partial charge in [0.25, 0.3) is 0 Å². The highest BCUT2D eigenvalue weighted by Crippen LogP contribution is 2.22. The van der Waals surface area contributed by atoms with E-state index in [1.54, 1.807) is 0 Å². The lowest BCUT2D eigenvalue weighted by Crippen LogP contribution is -2.29. The molecule has 2 aromatic rings. The number of para-hydroxylation sites is 2. The van der Waals surface area contributed by atoms with Gasteiger partial charge in [-0.2, -0.15) is 0 Å². The Labute approximate surface area is 114 Å². The van der Waals surface area contributed by atoms with E-state index in [9.17, 15) is 0 Å². The van der Waals surface area contributed by atoms with E-state index in [0.29, 0.717) is 0 Å². The molecule has 0 aliphatic carbocycles. The topological polar surface area (TPSA) is 47.1 Å². The Morgan fingerprint density at radius 2 is 2.05 bits per heavy atom. The zero-order valence-electron chi connectivity index (χ0n) is 11.7. The summed E-state index contributed by atoms with van der Waals surface area (Å²) in [6, 6.07) is 8.06. The van der Waals surface area contributed by atoms with E-state index in [2.05, 4.69) is 27.4 Å². The molecule has 1 aromatic carbocycles. The number of nitrogens with zero attached hydrogens (tertiary/aromatic N) is 3. The fourth-order valence-electron chi connectivity index (χ4n) is 2.27. The minimum atomic E-state index is 0.846. The molecule has 2 rings (SSSR count). The van der Waals surface area contributed by atoms with Crippen molar-refractivity contribution in [3.05, 3.63) is 42.5 Å². The molecule has 0 atom stereocenters. The summed E-state index contributed by atoms with van der Waals surface area (Å²) in [5.41, 5.74) is 8.04. The lowest BCUT2D eigenvalue weighted by molar-refractivity contribution is 0.636. The first-order valence-corrected chi connectivity index (χ1v) is 6.79. The van der Waals surface area contributed by atoms with Crippen molar-refractivity contribution < 1.29 is 0 Å². The van der Waals surface area contributed by atoms with Crippen molar-refractivity contribution in [2.75, 3.05) is 23.7 Å². The number of nitrogens with two attached hydrogens (primary N) is 1. The number of hydrogen-bond donors (Lipinski definition) is 1. The summed E-state index contributed by atoms with van der Waals surface area (Å²) in [7, 11) is 0. The van der Waals surface area contributed by atoms with Crippen LogP contribution in [0, 0.1) is 6.92 Å². The Morgan fingerprint density at radius 3 is 2.68 bits per heavy atom. The molecule has 0 fully saturated rings. The minimum Gasteiger partial charge on any atom is -0.397 e. The van der Waals surface area contributed by atoms with Gasteiger partial charge in [0.2, 0.25) is 0 Å². The number of benzene rings is 1. The second-order valence-corrected chi connectivity index (χ2v) is 4.71. The molecule has 4 nitrogen and oxygen atoms in total. The van der Waals surface area contributed by atoms with Gasteiger partial charge in [-0.3, -0.25) is 0 Å². The highest BCUT2D eigenvalue weighted by Gasteiger charge is 2.09. The molecule has 0 aliphatic rings. The number of nitrogen functional groups attached to an aromatic ring is 1. The highest BCUT2D eigenvalue weighted by atomic mass is 15.2. The van der Waals surface area contributed by atoms with Gasteiger partial charge in [0, 0.05) is 32.0 Å². The van der Waals surface area contributed by atoms with Gasteiger partial charge in [-0.05, 0) is 25.5 Å². The lowest BCUT2D eigenvalue weighted by atomic mass is 10.2. The monoisotopic (exact) mass is 258 g/mol. The van der Waals surface area contributed by atoms with Crippen molar-refractivity contribution in [3.63, 3.8) is 0 Å². The molecule has 0 unspecified atom stereocenters. The predicted molar refractivity (Wildman–Crippen MR) is 80.3 cm³/mol. The molecule has 0 radical (unpaired) electrons. The predicted octanol–water partition coefficient (Wildman–Crippen LogP) is 2.69. The number of imidazole rings is 1. The van der Waals surface area contributed by atoms with Crippen LogP contribution in [0.5, 0.6) is 0 Å². The normalized spacial score (nSPS) is 10.6. The first-order chi connectivity index (χ1) is 9.22. The third-order valence-electron chi connectivity index (χ3n) is 3.31. The fraction of sp³-hybridized carbons (Fsp3) is 0.400. The second kappa shape index (κ2) is 6.27. The number of aromatic nitrogens is 2. The van der Waals surface area contributed by atoms with Crippen LogP contribution in [0.3, 0.4) is 0 Å². The van der Waals surface area contributed by atoms with Gasteiger partial charge in [-0.25, -0.2) is 4.98 Å². The first-order valence-electron chi connectivity index (χ1n) is 6.79. The molecule has 102 valence electrons. The van der Waals surface area contributed by atoms with Crippen molar-refractivity contribution in [2.45, 2.75) is 26.8 Å². The fourth-order valence-corrected chi connectivity index (χ4v) is 2.27. The Morgan fingerprint density at radius 1 is 1.26 bits per heavy atom. The third kappa shape index (κ3) is 3.28. The molecule has 2 N–H and O–H groups in total. The van der Waals surface area contributed by atoms with Crippen LogP contribution in [0.1, 0.15) is 19.2 Å². The number of anilines is 2. The quantitative estimate of drug-likeness (QED) is 0.810. The number of rotatable bonds is 6. The van der Waals surface area contributed by atoms with Crippen LogP contribution >= 0.6 is 0 Å². The SMILES string of the molecule is CCCN(CCn1ccnc1C)c1ccccc1N. The maximum Gasteiger partial charge on any atom is 0.105 e. The molecule has 4 heteroatoms. The summed E-state index contributed by atoms with van der Waals surface area (Å²) in [5.74, 6) is 1.05. The Kier molecular flexibility index (Phi) is 4.44. The molecule has 0 saturated heterocycles. The van der Waals surface area contributed by atoms with Gasteiger partial charge in [0.05, 0.1) is 11.4 Å². The van der Waals surface area contributed by atoms with Gasteiger partial charge >= 0.3 is 0 Å². The van der Waals surface area contributed by atoms with E-state index in [4.69, 9.17) is 5.73 Å². The van der Waals surface area contributed by atoms with Crippen LogP contribution in [0.15, 0.2) is 36.7 Å². The molecule has 0 aliphatic heterocycles. The summed E-state index contributed by atoms with van der Waals surface area (Å²) < 4.78 is 2.17. The van der Waals surface area contributed by atoms with Crippen LogP contribution in [0.4, 0.5) is 11.4 Å². The third-order valence-corrected chi connectivity index (χ3v) is 3.31. The summed E-state index contributed by atoms with van der Waals surface area (Å²) >= 11 is 0. The van der Waals surface area contributed by atoms with Gasteiger partial charge in [-0.1, -0.05) is 19.1 Å². The molecule has 19 heavy (non-hydrogen) atoms. The van der Waals surface area contributed by atoms with Crippen LogP contribution < -0.4 is 10.6 Å². The zero-order valence-corrected chi connectivity index (χ0v) is 11.7. The molecule has 1 aromatic heterocycles. The molecule has 1 heterocycles. The van der Waals surface area contributed by atoms with Gasteiger partial charge in [-0.15, -0.1) is 0 Å². The molecule has 0 bridgehead atoms. The number of hydrogen-bond acceptors (Lipinski definition) is 3. The summed E-state index contributed by atoms with van der Waals surface area (Å²) in [6.45, 7) is 7.11. The second-order valence-electron chi connectivity index (χ2n) is 4.71. The van der Waals surface area contributed by atoms with Gasteiger partial charge < -0.3 is 15.2 Å². The first kappa shape index (κ1) is 13.5. The molecular formula is C15H22N4. The van der Waals surface area contributed by atoms with Crippen molar-refractivity contribution in [1.82, 2.24) is 9.55 Å². The lowest BCUT2D eigenvalue weighted by Gasteiger charge is -2.26. The maximum absolute atomic E-state index is 6.07. The Hall–Kier alpha value is -1.97. The average Bonchev–Trinajstić information content (AvgIpc) is 2.81. The smallest absolute Gasteiger partial charge is 0.105 e. The van der Waals surface area contributed by atoms with Gasteiger partial charge in [0.15, 0.2) is 0 Å². The Bertz CT molecular complexity index is 518. The van der Waals surface area contributed by atoms with Crippen LogP contribution in [-0.4, -0.2) is 22.6 Å². The molecule has 0 amide bonds.